The molecule has 3 rings (SSSR count). The second-order valence-electron chi connectivity index (χ2n) is 6.07. The minimum Gasteiger partial charge on any atom is -0.395 e. The molecule has 2 aromatic heterocycles. The number of hydrogen-bond acceptors (Lipinski definition) is 6. The van der Waals surface area contributed by atoms with Gasteiger partial charge in [0.05, 0.1) is 13.3 Å². The molecule has 1 fully saturated rings. The second-order valence-corrected chi connectivity index (χ2v) is 6.44. The topological polar surface area (TPSA) is 62.4 Å². The Bertz CT molecular complexity index is 748. The van der Waals surface area contributed by atoms with E-state index in [-0.39, 0.29) is 6.61 Å². The van der Waals surface area contributed by atoms with Crippen molar-refractivity contribution in [3.63, 3.8) is 0 Å². The summed E-state index contributed by atoms with van der Waals surface area (Å²) in [5.74, 6) is 0.817. The Labute approximate surface area is 152 Å². The predicted molar refractivity (Wildman–Crippen MR) is 99.6 cm³/mol. The van der Waals surface area contributed by atoms with Crippen molar-refractivity contribution in [3.8, 4) is 11.4 Å². The average molecular weight is 360 g/mol. The van der Waals surface area contributed by atoms with Crippen molar-refractivity contribution in [3.05, 3.63) is 42.0 Å². The number of β-amino-alcohol motifs (C(OH)–C–C–N with tert-alkyl or cyclic N) is 1. The molecule has 0 atom stereocenters. The lowest BCUT2D eigenvalue weighted by Gasteiger charge is -2.33. The number of allylic oxidation sites excluding steroid dienone is 1. The largest absolute Gasteiger partial charge is 0.395 e. The van der Waals surface area contributed by atoms with Crippen LogP contribution in [-0.2, 0) is 13.2 Å². The fourth-order valence-electron chi connectivity index (χ4n) is 3.02. The first-order chi connectivity index (χ1) is 12.2. The van der Waals surface area contributed by atoms with Crippen LogP contribution in [0, 0.1) is 4.77 Å². The molecule has 134 valence electrons. The van der Waals surface area contributed by atoms with E-state index in [1.165, 1.54) is 0 Å². The van der Waals surface area contributed by atoms with Gasteiger partial charge in [0, 0.05) is 57.2 Å². The molecule has 0 aliphatic carbocycles. The maximum Gasteiger partial charge on any atom is 0.199 e. The Balaban J connectivity index is 1.78. The first-order valence-electron chi connectivity index (χ1n) is 8.47. The van der Waals surface area contributed by atoms with Crippen molar-refractivity contribution in [1.82, 2.24) is 29.1 Å². The van der Waals surface area contributed by atoms with Gasteiger partial charge in [-0.25, -0.2) is 4.68 Å². The molecule has 1 N–H and O–H groups in total. The van der Waals surface area contributed by atoms with Crippen LogP contribution in [0.3, 0.4) is 0 Å². The third kappa shape index (κ3) is 4.21. The Kier molecular flexibility index (Phi) is 6.09. The van der Waals surface area contributed by atoms with E-state index in [4.69, 9.17) is 22.4 Å². The minimum absolute atomic E-state index is 0.214. The minimum atomic E-state index is 0.214. The van der Waals surface area contributed by atoms with Gasteiger partial charge in [-0.05, 0) is 24.4 Å². The van der Waals surface area contributed by atoms with Crippen LogP contribution in [0.25, 0.3) is 11.4 Å². The molecule has 1 aliphatic heterocycles. The zero-order chi connectivity index (χ0) is 17.6. The Morgan fingerprint density at radius 3 is 2.64 bits per heavy atom. The fraction of sp³-hybridized carbons (Fsp3) is 0.471. The van der Waals surface area contributed by atoms with Gasteiger partial charge in [-0.3, -0.25) is 19.4 Å². The maximum absolute atomic E-state index is 9.05. The molecule has 0 unspecified atom stereocenters. The fourth-order valence-corrected chi connectivity index (χ4v) is 3.28. The highest BCUT2D eigenvalue weighted by Crippen LogP contribution is 2.17. The molecule has 8 heteroatoms. The van der Waals surface area contributed by atoms with E-state index in [0.29, 0.717) is 18.0 Å². The molecule has 7 nitrogen and oxygen atoms in total. The molecule has 3 heterocycles. The highest BCUT2D eigenvalue weighted by molar-refractivity contribution is 7.71. The molecule has 0 amide bonds. The zero-order valence-electron chi connectivity index (χ0n) is 14.3. The molecule has 1 aliphatic rings. The maximum atomic E-state index is 9.05. The van der Waals surface area contributed by atoms with E-state index < -0.39 is 0 Å². The molecular formula is C17H24N6OS. The van der Waals surface area contributed by atoms with Gasteiger partial charge in [-0.2, -0.15) is 5.10 Å². The number of nitrogens with zero attached hydrogens (tertiary/aromatic N) is 6. The highest BCUT2D eigenvalue weighted by Gasteiger charge is 2.19. The van der Waals surface area contributed by atoms with E-state index in [1.54, 1.807) is 12.4 Å². The van der Waals surface area contributed by atoms with Gasteiger partial charge in [0.15, 0.2) is 10.6 Å². The van der Waals surface area contributed by atoms with Gasteiger partial charge in [0.25, 0.3) is 0 Å². The highest BCUT2D eigenvalue weighted by atomic mass is 32.1. The third-order valence-corrected chi connectivity index (χ3v) is 4.80. The number of aliphatic hydroxyl groups excluding tert-OH is 1. The van der Waals surface area contributed by atoms with Crippen molar-refractivity contribution in [2.24, 2.45) is 0 Å². The number of hydrogen-bond donors (Lipinski definition) is 1. The molecule has 2 aromatic rings. The summed E-state index contributed by atoms with van der Waals surface area (Å²) in [4.78, 5) is 8.79. The van der Waals surface area contributed by atoms with E-state index in [9.17, 15) is 0 Å². The van der Waals surface area contributed by atoms with E-state index in [2.05, 4.69) is 21.4 Å². The normalized spacial score (nSPS) is 16.2. The van der Waals surface area contributed by atoms with Gasteiger partial charge in [0.2, 0.25) is 0 Å². The summed E-state index contributed by atoms with van der Waals surface area (Å²) >= 11 is 5.64. The quantitative estimate of drug-likeness (QED) is 0.592. The summed E-state index contributed by atoms with van der Waals surface area (Å²) in [5, 5.41) is 13.8. The van der Waals surface area contributed by atoms with Crippen LogP contribution in [0.1, 0.15) is 0 Å². The van der Waals surface area contributed by atoms with Crippen molar-refractivity contribution in [1.29, 1.82) is 0 Å². The number of aliphatic hydroxyl groups is 1. The Morgan fingerprint density at radius 1 is 1.24 bits per heavy atom. The molecule has 0 aromatic carbocycles. The smallest absolute Gasteiger partial charge is 0.199 e. The molecule has 1 saturated heterocycles. The third-order valence-electron chi connectivity index (χ3n) is 4.37. The molecule has 25 heavy (non-hydrogen) atoms. The zero-order valence-corrected chi connectivity index (χ0v) is 15.1. The van der Waals surface area contributed by atoms with Crippen molar-refractivity contribution in [2.75, 3.05) is 39.3 Å². The summed E-state index contributed by atoms with van der Waals surface area (Å²) < 4.78 is 4.56. The van der Waals surface area contributed by atoms with Crippen LogP contribution >= 0.6 is 12.2 Å². The summed E-state index contributed by atoms with van der Waals surface area (Å²) in [6, 6.07) is 3.89. The van der Waals surface area contributed by atoms with Gasteiger partial charge in [-0.15, -0.1) is 6.58 Å². The number of piperazine rings is 1. The monoisotopic (exact) mass is 360 g/mol. The van der Waals surface area contributed by atoms with Crippen LogP contribution in [0.5, 0.6) is 0 Å². The predicted octanol–water partition coefficient (Wildman–Crippen LogP) is 1.23. The van der Waals surface area contributed by atoms with Crippen molar-refractivity contribution >= 4 is 12.2 Å². The first-order valence-corrected chi connectivity index (χ1v) is 8.88. The van der Waals surface area contributed by atoms with Crippen LogP contribution in [0.4, 0.5) is 0 Å². The molecule has 0 spiro atoms. The average Bonchev–Trinajstić information content (AvgIpc) is 2.94. The number of rotatable bonds is 7. The standard InChI is InChI=1S/C17H24N6OS/c1-2-6-22-16(15-4-3-5-18-13-15)19-23(17(22)25)14-21-9-7-20(8-10-21)11-12-24/h2-5,13,24H,1,6-12,14H2. The summed E-state index contributed by atoms with van der Waals surface area (Å²) in [7, 11) is 0. The number of pyridine rings is 1. The Morgan fingerprint density at radius 2 is 2.00 bits per heavy atom. The molecule has 0 saturated carbocycles. The van der Waals surface area contributed by atoms with Gasteiger partial charge < -0.3 is 5.11 Å². The van der Waals surface area contributed by atoms with Gasteiger partial charge in [-0.1, -0.05) is 6.08 Å². The van der Waals surface area contributed by atoms with Gasteiger partial charge >= 0.3 is 0 Å². The summed E-state index contributed by atoms with van der Waals surface area (Å²) in [6.07, 6.45) is 5.38. The molecule has 0 bridgehead atoms. The second kappa shape index (κ2) is 8.48. The summed E-state index contributed by atoms with van der Waals surface area (Å²) in [6.45, 7) is 9.87. The number of aromatic nitrogens is 4. The van der Waals surface area contributed by atoms with Gasteiger partial charge in [0.1, 0.15) is 0 Å². The van der Waals surface area contributed by atoms with E-state index in [1.807, 2.05) is 27.5 Å². The van der Waals surface area contributed by atoms with E-state index >= 15 is 0 Å². The lowest BCUT2D eigenvalue weighted by atomic mass is 10.3. The van der Waals surface area contributed by atoms with Crippen LogP contribution in [-0.4, -0.2) is 73.6 Å². The van der Waals surface area contributed by atoms with Crippen molar-refractivity contribution < 1.29 is 5.11 Å². The molecule has 0 radical (unpaired) electrons. The lowest BCUT2D eigenvalue weighted by molar-refractivity contribution is 0.0891. The van der Waals surface area contributed by atoms with Crippen LogP contribution < -0.4 is 0 Å². The Hall–Kier alpha value is -1.87. The molecular weight excluding hydrogens is 336 g/mol. The SMILES string of the molecule is C=CCn1c(-c2cccnc2)nn(CN2CCN(CCO)CC2)c1=S. The summed E-state index contributed by atoms with van der Waals surface area (Å²) in [5.41, 5.74) is 0.946. The van der Waals surface area contributed by atoms with Crippen LogP contribution in [0.2, 0.25) is 0 Å². The lowest BCUT2D eigenvalue weighted by Crippen LogP contribution is -2.47. The van der Waals surface area contributed by atoms with Crippen molar-refractivity contribution in [2.45, 2.75) is 13.2 Å². The van der Waals surface area contributed by atoms with Crippen LogP contribution in [0.15, 0.2) is 37.2 Å². The van der Waals surface area contributed by atoms with E-state index in [0.717, 1.165) is 44.1 Å². The first kappa shape index (κ1) is 17.9.